The maximum absolute atomic E-state index is 14.5. The van der Waals surface area contributed by atoms with Crippen molar-refractivity contribution in [1.82, 2.24) is 30.2 Å². The van der Waals surface area contributed by atoms with Crippen molar-refractivity contribution in [3.8, 4) is 5.75 Å². The Morgan fingerprint density at radius 1 is 0.968 bits per heavy atom. The summed E-state index contributed by atoms with van der Waals surface area (Å²) in [7, 11) is 8.80. The summed E-state index contributed by atoms with van der Waals surface area (Å²) in [6.45, 7) is 6.47. The van der Waals surface area contributed by atoms with E-state index in [1.54, 1.807) is 50.5 Å². The largest absolute Gasteiger partial charge is 0.495 e. The smallest absolute Gasteiger partial charge is 0.412 e. The van der Waals surface area contributed by atoms with Crippen LogP contribution in [0.2, 0.25) is 5.02 Å². The molecule has 0 radical (unpaired) electrons. The number of hydrogen-bond acceptors (Lipinski definition) is 20. The number of fused-ring (bicyclic) bond motifs is 5. The summed E-state index contributed by atoms with van der Waals surface area (Å²) in [6, 6.07) is 6.80. The predicted molar refractivity (Wildman–Crippen MR) is 352 cm³/mol. The number of epoxide rings is 1. The maximum atomic E-state index is 14.5. The Kier molecular flexibility index (Phi) is 26.3. The van der Waals surface area contributed by atoms with Gasteiger partial charge in [-0.3, -0.25) is 44.3 Å². The van der Waals surface area contributed by atoms with Crippen LogP contribution >= 0.6 is 35.1 Å². The zero-order valence-electron chi connectivity index (χ0n) is 55.0. The molecule has 2 aromatic rings. The van der Waals surface area contributed by atoms with Gasteiger partial charge in [0.25, 0.3) is 11.1 Å². The van der Waals surface area contributed by atoms with Crippen LogP contribution in [0.25, 0.3) is 0 Å². The maximum Gasteiger partial charge on any atom is 0.412 e. The number of rotatable bonds is 20. The number of allylic oxidation sites excluding steroid dienone is 4. The number of nitrogens with one attached hydrogen (secondary N) is 3. The monoisotopic (exact) mass is 1370 g/mol. The van der Waals surface area contributed by atoms with E-state index in [9.17, 15) is 53.1 Å². The first-order chi connectivity index (χ1) is 44.6. The molecule has 0 saturated carbocycles. The second-order valence-corrected chi connectivity index (χ2v) is 26.7. The van der Waals surface area contributed by atoms with Crippen LogP contribution in [0.5, 0.6) is 5.75 Å². The van der Waals surface area contributed by atoms with E-state index in [1.807, 2.05) is 25.2 Å². The van der Waals surface area contributed by atoms with Crippen molar-refractivity contribution in [2.24, 2.45) is 5.92 Å². The van der Waals surface area contributed by atoms with Crippen LogP contribution in [-0.4, -0.2) is 217 Å². The molecule has 0 spiro atoms. The molecule has 3 saturated heterocycles. The number of nitrogens with zero attached hydrogens (tertiary/aromatic N) is 5. The van der Waals surface area contributed by atoms with Crippen molar-refractivity contribution in [3.05, 3.63) is 88.0 Å². The van der Waals surface area contributed by atoms with Crippen molar-refractivity contribution >= 4 is 106 Å². The first kappa shape index (κ1) is 74.0. The molecular weight excluding hydrogens is 1280 g/mol. The van der Waals surface area contributed by atoms with E-state index in [-0.39, 0.29) is 85.9 Å². The number of carbonyl (C=O) groups is 10. The third-order valence-corrected chi connectivity index (χ3v) is 19.7. The highest BCUT2D eigenvalue weighted by Gasteiger charge is 2.64. The average Bonchev–Trinajstić information content (AvgIpc) is 1.57. The highest BCUT2D eigenvalue weighted by atomic mass is 35.5. The number of hydrogen-bond donors (Lipinski definition) is 4. The Hall–Kier alpha value is -7.37. The second-order valence-electron chi connectivity index (χ2n) is 24.2. The van der Waals surface area contributed by atoms with Gasteiger partial charge in [-0.05, 0) is 101 Å². The molecule has 9 amide bonds. The fourth-order valence-corrected chi connectivity index (χ4v) is 13.1. The Balaban J connectivity index is 0.928. The van der Waals surface area contributed by atoms with Crippen molar-refractivity contribution in [2.75, 3.05) is 90.8 Å². The minimum atomic E-state index is -1.91. The lowest BCUT2D eigenvalue weighted by Crippen LogP contribution is -2.63. The number of likely N-dealkylation sites (tertiary alicyclic amines) is 1. The number of aliphatic hydroxyl groups is 1. The quantitative estimate of drug-likeness (QED) is 0.0326. The van der Waals surface area contributed by atoms with E-state index >= 15 is 0 Å². The molecular formula is C65H87ClN8O18S2. The number of likely N-dealkylation sites (N-methyl/N-ethyl adjacent to an activating group) is 3. The molecule has 3 fully saturated rings. The zero-order chi connectivity index (χ0) is 68.8. The Bertz CT molecular complexity index is 3260. The van der Waals surface area contributed by atoms with Gasteiger partial charge in [-0.15, -0.1) is 0 Å². The summed E-state index contributed by atoms with van der Waals surface area (Å²) >= 11 is 8.97. The second kappa shape index (κ2) is 33.3. The molecule has 3 unspecified atom stereocenters. The highest BCUT2D eigenvalue weighted by Crippen LogP contribution is 2.49. The number of methoxy groups -OCH3 is 2. The van der Waals surface area contributed by atoms with Gasteiger partial charge in [0.1, 0.15) is 53.4 Å². The number of anilines is 2. The molecule has 4 aliphatic heterocycles. The number of esters is 1. The van der Waals surface area contributed by atoms with Crippen molar-refractivity contribution < 1.29 is 86.2 Å². The van der Waals surface area contributed by atoms with Gasteiger partial charge in [0.05, 0.1) is 41.8 Å². The summed E-state index contributed by atoms with van der Waals surface area (Å²) < 4.78 is 40.7. The van der Waals surface area contributed by atoms with E-state index in [2.05, 4.69) is 16.0 Å². The van der Waals surface area contributed by atoms with Gasteiger partial charge in [0.15, 0.2) is 5.72 Å². The molecule has 7 rings (SSSR count). The van der Waals surface area contributed by atoms with Crippen molar-refractivity contribution in [2.45, 2.75) is 152 Å². The number of halogens is 1. The summed E-state index contributed by atoms with van der Waals surface area (Å²) in [5, 5.41) is 19.1. The normalized spacial score (nSPS) is 26.3. The molecule has 10 atom stereocenters. The third kappa shape index (κ3) is 19.0. The van der Waals surface area contributed by atoms with E-state index in [4.69, 9.17) is 44.8 Å². The van der Waals surface area contributed by atoms with E-state index < -0.39 is 113 Å². The fraction of sp³-hybridized carbons (Fsp3) is 0.569. The van der Waals surface area contributed by atoms with E-state index in [0.29, 0.717) is 29.8 Å². The summed E-state index contributed by atoms with van der Waals surface area (Å²) in [6.07, 6.45) is 8.08. The van der Waals surface area contributed by atoms with Gasteiger partial charge in [-0.2, -0.15) is 11.8 Å². The fourth-order valence-electron chi connectivity index (χ4n) is 11.4. The SMILES string of the molecule is COc1cc2cc(c1Cl)N(C)C(=O)C[C@H](OC(=O)[C@H](C)N(C)C(=O)CCSC(=O)N(C)CCN(C)C(=O)OCc1ccc(NC(=O)OC3/C=C/CCCCC3)c(C(=O)NCCN3C(=O)CC(SC)C3=O)c1)C1(C)O[C@H]1[C@H](C)[C@@H]1C[C@@](O)(NC(=O)O1)[C@H](OC)/C=C/C=C(\C)C2. The van der Waals surface area contributed by atoms with Gasteiger partial charge in [0, 0.05) is 92.4 Å². The predicted octanol–water partition coefficient (Wildman–Crippen LogP) is 7.62. The summed E-state index contributed by atoms with van der Waals surface area (Å²) in [4.78, 5) is 140. The molecule has 29 heteroatoms. The van der Waals surface area contributed by atoms with Crippen LogP contribution in [0, 0.1) is 5.92 Å². The molecule has 4 heterocycles. The molecule has 4 N–H and O–H groups in total. The highest BCUT2D eigenvalue weighted by molar-refractivity contribution is 8.13. The van der Waals surface area contributed by atoms with Crippen LogP contribution in [0.4, 0.5) is 30.6 Å². The molecule has 2 aromatic carbocycles. The lowest BCUT2D eigenvalue weighted by atomic mass is 9.83. The minimum absolute atomic E-state index is 0.00911. The zero-order valence-corrected chi connectivity index (χ0v) is 57.4. The number of benzene rings is 2. The number of ether oxygens (including phenoxy) is 7. The number of thioether (sulfide) groups is 2. The van der Waals surface area contributed by atoms with Crippen LogP contribution < -0.4 is 25.6 Å². The van der Waals surface area contributed by atoms with Crippen LogP contribution in [0.3, 0.4) is 0 Å². The molecule has 4 bridgehead atoms. The lowest BCUT2D eigenvalue weighted by Gasteiger charge is -2.42. The first-order valence-electron chi connectivity index (χ1n) is 31.1. The average molecular weight is 1370 g/mol. The summed E-state index contributed by atoms with van der Waals surface area (Å²) in [5.74, 6) is -3.48. The number of alkyl carbamates (subject to hydrolysis) is 1. The first-order valence-corrected chi connectivity index (χ1v) is 33.8. The van der Waals surface area contributed by atoms with Gasteiger partial charge in [-0.25, -0.2) is 19.2 Å². The molecule has 0 aromatic heterocycles. The molecule has 514 valence electrons. The van der Waals surface area contributed by atoms with Crippen LogP contribution in [0.15, 0.2) is 66.3 Å². The van der Waals surface area contributed by atoms with Crippen LogP contribution in [0.1, 0.15) is 107 Å². The third-order valence-electron chi connectivity index (χ3n) is 17.5. The van der Waals surface area contributed by atoms with Gasteiger partial charge >= 0.3 is 24.2 Å². The summed E-state index contributed by atoms with van der Waals surface area (Å²) in [5.41, 5.74) is -0.798. The van der Waals surface area contributed by atoms with Gasteiger partial charge < -0.3 is 63.2 Å². The Labute approximate surface area is 561 Å². The Morgan fingerprint density at radius 3 is 2.43 bits per heavy atom. The van der Waals surface area contributed by atoms with Crippen molar-refractivity contribution in [3.63, 3.8) is 0 Å². The van der Waals surface area contributed by atoms with Crippen molar-refractivity contribution in [1.29, 1.82) is 0 Å². The molecule has 26 nitrogen and oxygen atoms in total. The standard InChI is InChI=1S/C65H87ClN8O18S2/c1-38-18-17-21-50(87-10)65(85)36-48(90-61(82)69-65)39(2)56-64(4,92-56)51(35-53(76)73(8)46-32-42(30-38)33-47(86-9)55(46)66)91-59(80)40(3)72(7)52(75)24-29-94-63(84)71(6)28-27-70(5)62(83)88-37-41-22-23-45(68-60(81)89-43-19-15-13-12-14-16-20-43)44(31-41)57(78)67-25-26-74-54(77)34-49(93-11)58(74)79/h15,17-19,21-23,31-33,39-40,43,48-51,56,85H,12-14,16,20,24-30,34-37H2,1-11H3,(H,67,78)(H,68,81)(H,69,82)/b19-15+,21-17+,38-18+/t39-,40+,43?,48+,49?,50-,51+,56+,64?,65+/m1/s1. The lowest BCUT2D eigenvalue weighted by molar-refractivity contribution is -0.162. The number of imide groups is 1. The molecule has 94 heavy (non-hydrogen) atoms. The van der Waals surface area contributed by atoms with Gasteiger partial charge in [-0.1, -0.05) is 72.7 Å². The van der Waals surface area contributed by atoms with Gasteiger partial charge in [0.2, 0.25) is 23.6 Å². The van der Waals surface area contributed by atoms with Crippen LogP contribution in [-0.2, 0) is 65.4 Å². The van der Waals surface area contributed by atoms with E-state index in [0.717, 1.165) is 53.5 Å². The minimum Gasteiger partial charge on any atom is -0.495 e. The topological polar surface area (TPSA) is 311 Å². The van der Waals surface area contributed by atoms with E-state index in [1.165, 1.54) is 92.8 Å². The number of amides is 9. The number of carbonyl (C=O) groups excluding carboxylic acids is 10. The molecule has 1 aliphatic carbocycles. The molecule has 5 aliphatic rings. The Morgan fingerprint density at radius 2 is 1.71 bits per heavy atom.